The van der Waals surface area contributed by atoms with Crippen molar-refractivity contribution in [3.63, 3.8) is 0 Å². The van der Waals surface area contributed by atoms with Gasteiger partial charge in [0, 0.05) is 11.8 Å². The molecule has 4 nitrogen and oxygen atoms in total. The van der Waals surface area contributed by atoms with Gasteiger partial charge in [0.1, 0.15) is 11.8 Å². The smallest absolute Gasteiger partial charge is 0.128 e. The van der Waals surface area contributed by atoms with Crippen molar-refractivity contribution in [3.05, 3.63) is 41.2 Å². The molecule has 1 N–H and O–H groups in total. The summed E-state index contributed by atoms with van der Waals surface area (Å²) in [5, 5.41) is 20.6. The lowest BCUT2D eigenvalue weighted by Crippen LogP contribution is -1.86. The molecule has 2 rings (SSSR count). The molecule has 0 spiro atoms. The molecule has 2 heterocycles. The molecule has 0 unspecified atom stereocenters. The Kier molecular flexibility index (Phi) is 2.14. The van der Waals surface area contributed by atoms with Gasteiger partial charge in [-0.2, -0.15) is 5.26 Å². The summed E-state index contributed by atoms with van der Waals surface area (Å²) in [6, 6.07) is 7.75. The molecule has 4 heteroatoms. The lowest BCUT2D eigenvalue weighted by Gasteiger charge is -1.93. The molecule has 0 radical (unpaired) electrons. The number of fused-ring (bicyclic) bond motifs is 1. The molecule has 0 aromatic carbocycles. The van der Waals surface area contributed by atoms with Crippen LogP contribution in [0, 0.1) is 18.3 Å². The van der Waals surface area contributed by atoms with Crippen molar-refractivity contribution in [2.45, 2.75) is 6.92 Å². The first-order chi connectivity index (χ1) is 7.29. The van der Waals surface area contributed by atoms with Gasteiger partial charge in [-0.3, -0.25) is 0 Å². The number of hydrogen-bond donors (Lipinski definition) is 1. The number of oxime groups is 1. The van der Waals surface area contributed by atoms with Gasteiger partial charge < -0.3 is 9.61 Å². The van der Waals surface area contributed by atoms with Gasteiger partial charge in [-0.05, 0) is 24.6 Å². The molecule has 2 aromatic rings. The lowest BCUT2D eigenvalue weighted by atomic mass is 10.1. The quantitative estimate of drug-likeness (QED) is 0.433. The van der Waals surface area contributed by atoms with Gasteiger partial charge in [0.2, 0.25) is 0 Å². The average molecular weight is 199 g/mol. The maximum Gasteiger partial charge on any atom is 0.128 e. The van der Waals surface area contributed by atoms with Crippen molar-refractivity contribution >= 4 is 11.7 Å². The van der Waals surface area contributed by atoms with Gasteiger partial charge in [0.25, 0.3) is 0 Å². The Balaban J connectivity index is 2.92. The number of nitriles is 1. The largest absolute Gasteiger partial charge is 0.411 e. The van der Waals surface area contributed by atoms with Gasteiger partial charge in [0.15, 0.2) is 0 Å². The van der Waals surface area contributed by atoms with Crippen LogP contribution in [-0.2, 0) is 0 Å². The van der Waals surface area contributed by atoms with E-state index in [1.165, 1.54) is 6.21 Å². The van der Waals surface area contributed by atoms with E-state index in [0.717, 1.165) is 16.6 Å². The second-order valence-electron chi connectivity index (χ2n) is 3.20. The standard InChI is InChI=1S/C11H9N3O/c1-8-9(7-13-15)10-4-2-3-5-14(10)11(8)6-12/h2-5,7,15H,1H3. The van der Waals surface area contributed by atoms with E-state index in [4.69, 9.17) is 10.5 Å². The predicted octanol–water partition coefficient (Wildman–Crippen LogP) is 1.93. The zero-order chi connectivity index (χ0) is 10.8. The minimum Gasteiger partial charge on any atom is -0.411 e. The molecule has 0 aliphatic heterocycles. The summed E-state index contributed by atoms with van der Waals surface area (Å²) in [5.41, 5.74) is 3.03. The Hall–Kier alpha value is -2.28. The molecule has 0 amide bonds. The molecular weight excluding hydrogens is 190 g/mol. The van der Waals surface area contributed by atoms with Crippen LogP contribution in [0.15, 0.2) is 29.6 Å². The normalized spacial score (nSPS) is 10.9. The zero-order valence-electron chi connectivity index (χ0n) is 8.18. The minimum absolute atomic E-state index is 0.570. The van der Waals surface area contributed by atoms with Gasteiger partial charge in [-0.15, -0.1) is 0 Å². The Labute approximate surface area is 86.7 Å². The molecule has 0 saturated carbocycles. The fourth-order valence-corrected chi connectivity index (χ4v) is 1.72. The molecule has 2 aromatic heterocycles. The Morgan fingerprint density at radius 2 is 2.33 bits per heavy atom. The first kappa shape index (κ1) is 9.28. The summed E-state index contributed by atoms with van der Waals surface area (Å²) in [5.74, 6) is 0. The highest BCUT2D eigenvalue weighted by Gasteiger charge is 2.12. The number of nitrogens with zero attached hydrogens (tertiary/aromatic N) is 3. The van der Waals surface area contributed by atoms with E-state index in [1.54, 1.807) is 4.40 Å². The summed E-state index contributed by atoms with van der Waals surface area (Å²) >= 11 is 0. The van der Waals surface area contributed by atoms with E-state index in [2.05, 4.69) is 11.2 Å². The van der Waals surface area contributed by atoms with E-state index < -0.39 is 0 Å². The highest BCUT2D eigenvalue weighted by Crippen LogP contribution is 2.20. The SMILES string of the molecule is Cc1c(C=NO)c2ccccn2c1C#N. The van der Waals surface area contributed by atoms with Gasteiger partial charge in [-0.1, -0.05) is 11.2 Å². The minimum atomic E-state index is 0.570. The highest BCUT2D eigenvalue weighted by molar-refractivity contribution is 5.92. The van der Waals surface area contributed by atoms with Crippen molar-refractivity contribution in [2.75, 3.05) is 0 Å². The topological polar surface area (TPSA) is 60.8 Å². The van der Waals surface area contributed by atoms with Crippen LogP contribution in [-0.4, -0.2) is 15.8 Å². The van der Waals surface area contributed by atoms with Gasteiger partial charge >= 0.3 is 0 Å². The number of hydrogen-bond acceptors (Lipinski definition) is 3. The summed E-state index contributed by atoms with van der Waals surface area (Å²) < 4.78 is 1.78. The van der Waals surface area contributed by atoms with Crippen molar-refractivity contribution in [2.24, 2.45) is 5.16 Å². The fraction of sp³-hybridized carbons (Fsp3) is 0.0909. The van der Waals surface area contributed by atoms with Crippen LogP contribution in [0.3, 0.4) is 0 Å². The number of pyridine rings is 1. The molecule has 0 atom stereocenters. The van der Waals surface area contributed by atoms with E-state index in [-0.39, 0.29) is 0 Å². The first-order valence-electron chi connectivity index (χ1n) is 4.46. The van der Waals surface area contributed by atoms with E-state index in [0.29, 0.717) is 5.69 Å². The van der Waals surface area contributed by atoms with Crippen LogP contribution in [0.4, 0.5) is 0 Å². The van der Waals surface area contributed by atoms with Crippen molar-refractivity contribution < 1.29 is 5.21 Å². The lowest BCUT2D eigenvalue weighted by molar-refractivity contribution is 0.322. The first-order valence-corrected chi connectivity index (χ1v) is 4.46. The molecule has 15 heavy (non-hydrogen) atoms. The molecule has 0 aliphatic rings. The van der Waals surface area contributed by atoms with E-state index in [1.807, 2.05) is 31.3 Å². The average Bonchev–Trinajstić information content (AvgIpc) is 2.53. The van der Waals surface area contributed by atoms with Crippen molar-refractivity contribution in [1.82, 2.24) is 4.40 Å². The molecule has 0 fully saturated rings. The second kappa shape index (κ2) is 3.46. The third kappa shape index (κ3) is 1.25. The van der Waals surface area contributed by atoms with Crippen LogP contribution >= 0.6 is 0 Å². The monoisotopic (exact) mass is 199 g/mol. The Morgan fingerprint density at radius 3 is 3.00 bits per heavy atom. The maximum atomic E-state index is 9.02. The maximum absolute atomic E-state index is 9.02. The number of aromatic nitrogens is 1. The van der Waals surface area contributed by atoms with E-state index in [9.17, 15) is 0 Å². The molecule has 74 valence electrons. The molecule has 0 aliphatic carbocycles. The summed E-state index contributed by atoms with van der Waals surface area (Å²) in [6.45, 7) is 1.84. The van der Waals surface area contributed by atoms with Crippen molar-refractivity contribution in [3.8, 4) is 6.07 Å². The van der Waals surface area contributed by atoms with Crippen LogP contribution in [0.5, 0.6) is 0 Å². The molecule has 0 bridgehead atoms. The second-order valence-corrected chi connectivity index (χ2v) is 3.20. The summed E-state index contributed by atoms with van der Waals surface area (Å²) in [6.07, 6.45) is 3.17. The molecule has 0 saturated heterocycles. The van der Waals surface area contributed by atoms with Crippen LogP contribution < -0.4 is 0 Å². The van der Waals surface area contributed by atoms with Crippen LogP contribution in [0.1, 0.15) is 16.8 Å². The molecular formula is C11H9N3O. The Morgan fingerprint density at radius 1 is 1.53 bits per heavy atom. The summed E-state index contributed by atoms with van der Waals surface area (Å²) in [4.78, 5) is 0. The highest BCUT2D eigenvalue weighted by atomic mass is 16.4. The van der Waals surface area contributed by atoms with Crippen molar-refractivity contribution in [1.29, 1.82) is 5.26 Å². The Bertz CT molecular complexity index is 575. The third-order valence-electron chi connectivity index (χ3n) is 2.43. The van der Waals surface area contributed by atoms with E-state index >= 15 is 0 Å². The van der Waals surface area contributed by atoms with Crippen LogP contribution in [0.2, 0.25) is 0 Å². The van der Waals surface area contributed by atoms with Crippen LogP contribution in [0.25, 0.3) is 5.52 Å². The van der Waals surface area contributed by atoms with Gasteiger partial charge in [-0.25, -0.2) is 0 Å². The zero-order valence-corrected chi connectivity index (χ0v) is 8.18. The summed E-state index contributed by atoms with van der Waals surface area (Å²) in [7, 11) is 0. The van der Waals surface area contributed by atoms with Gasteiger partial charge in [0.05, 0.1) is 11.7 Å². The third-order valence-corrected chi connectivity index (χ3v) is 2.43. The predicted molar refractivity (Wildman–Crippen MR) is 56.2 cm³/mol. The fourth-order valence-electron chi connectivity index (χ4n) is 1.72. The number of rotatable bonds is 1.